The number of rotatable bonds is 4. The average Bonchev–Trinajstić information content (AvgIpc) is 3.03. The zero-order valence-corrected chi connectivity index (χ0v) is 15.1. The number of amides is 2. The number of hydrogen-bond donors (Lipinski definition) is 0. The van der Waals surface area contributed by atoms with E-state index in [0.29, 0.717) is 18.5 Å². The van der Waals surface area contributed by atoms with Gasteiger partial charge in [-0.15, -0.1) is 0 Å². The molecule has 3 rings (SSSR count). The van der Waals surface area contributed by atoms with Gasteiger partial charge in [-0.2, -0.15) is 0 Å². The molecule has 130 valence electrons. The molecular weight excluding hydrogens is 312 g/mol. The third-order valence-electron chi connectivity index (χ3n) is 4.75. The van der Waals surface area contributed by atoms with Crippen LogP contribution in [-0.2, 0) is 11.3 Å². The van der Waals surface area contributed by atoms with E-state index >= 15 is 0 Å². The highest BCUT2D eigenvalue weighted by molar-refractivity contribution is 5.97. The number of anilines is 1. The second kappa shape index (κ2) is 7.09. The smallest absolute Gasteiger partial charge is 0.253 e. The van der Waals surface area contributed by atoms with Crippen LogP contribution >= 0.6 is 0 Å². The van der Waals surface area contributed by atoms with E-state index in [9.17, 15) is 9.59 Å². The van der Waals surface area contributed by atoms with Crippen molar-refractivity contribution in [1.82, 2.24) is 4.90 Å². The molecule has 25 heavy (non-hydrogen) atoms. The van der Waals surface area contributed by atoms with Gasteiger partial charge in [0, 0.05) is 37.8 Å². The fourth-order valence-electron chi connectivity index (χ4n) is 3.28. The van der Waals surface area contributed by atoms with Crippen molar-refractivity contribution in [3.8, 4) is 0 Å². The fraction of sp³-hybridized carbons (Fsp3) is 0.333. The number of nitrogens with zero attached hydrogens (tertiary/aromatic N) is 2. The highest BCUT2D eigenvalue weighted by Gasteiger charge is 2.22. The van der Waals surface area contributed by atoms with Crippen LogP contribution in [0.25, 0.3) is 0 Å². The molecule has 0 bridgehead atoms. The Morgan fingerprint density at radius 3 is 2.44 bits per heavy atom. The first-order valence-electron chi connectivity index (χ1n) is 8.68. The second-order valence-corrected chi connectivity index (χ2v) is 6.79. The van der Waals surface area contributed by atoms with Gasteiger partial charge in [-0.3, -0.25) is 9.59 Å². The zero-order chi connectivity index (χ0) is 18.0. The summed E-state index contributed by atoms with van der Waals surface area (Å²) in [6, 6.07) is 13.6. The maximum absolute atomic E-state index is 12.7. The number of hydrogen-bond acceptors (Lipinski definition) is 2. The van der Waals surface area contributed by atoms with E-state index < -0.39 is 0 Å². The van der Waals surface area contributed by atoms with Gasteiger partial charge in [0.25, 0.3) is 5.91 Å². The minimum atomic E-state index is -0.0146. The van der Waals surface area contributed by atoms with Crippen LogP contribution in [0, 0.1) is 13.8 Å². The van der Waals surface area contributed by atoms with Crippen molar-refractivity contribution in [2.75, 3.05) is 18.5 Å². The van der Waals surface area contributed by atoms with Crippen molar-refractivity contribution in [2.45, 2.75) is 33.2 Å². The van der Waals surface area contributed by atoms with Crippen LogP contribution in [0.3, 0.4) is 0 Å². The summed E-state index contributed by atoms with van der Waals surface area (Å²) in [5.41, 5.74) is 5.09. The SMILES string of the molecule is Cc1ccc(CN(C)C(=O)c2ccc(N3CCCC3=O)cc2)c(C)c1. The first-order valence-corrected chi connectivity index (χ1v) is 8.68. The molecular formula is C21H24N2O2. The van der Waals surface area contributed by atoms with E-state index in [0.717, 1.165) is 24.2 Å². The quantitative estimate of drug-likeness (QED) is 0.854. The van der Waals surface area contributed by atoms with Gasteiger partial charge in [0.15, 0.2) is 0 Å². The molecule has 1 saturated heterocycles. The molecule has 0 saturated carbocycles. The largest absolute Gasteiger partial charge is 0.337 e. The Balaban J connectivity index is 1.70. The lowest BCUT2D eigenvalue weighted by molar-refractivity contribution is -0.117. The Kier molecular flexibility index (Phi) is 4.88. The third kappa shape index (κ3) is 3.73. The van der Waals surface area contributed by atoms with Crippen molar-refractivity contribution in [2.24, 2.45) is 0 Å². The molecule has 4 heteroatoms. The second-order valence-electron chi connectivity index (χ2n) is 6.79. The maximum atomic E-state index is 12.7. The lowest BCUT2D eigenvalue weighted by atomic mass is 10.1. The van der Waals surface area contributed by atoms with Gasteiger partial charge >= 0.3 is 0 Å². The van der Waals surface area contributed by atoms with E-state index in [1.807, 2.05) is 31.3 Å². The van der Waals surface area contributed by atoms with Crippen LogP contribution in [0.1, 0.15) is 39.9 Å². The van der Waals surface area contributed by atoms with Crippen molar-refractivity contribution in [1.29, 1.82) is 0 Å². The predicted molar refractivity (Wildman–Crippen MR) is 99.7 cm³/mol. The van der Waals surface area contributed by atoms with Crippen molar-refractivity contribution in [3.05, 3.63) is 64.7 Å². The first kappa shape index (κ1) is 17.2. The zero-order valence-electron chi connectivity index (χ0n) is 15.1. The normalized spacial score (nSPS) is 14.0. The van der Waals surface area contributed by atoms with Crippen LogP contribution in [0.2, 0.25) is 0 Å². The number of benzene rings is 2. The molecule has 0 atom stereocenters. The molecule has 1 fully saturated rings. The Hall–Kier alpha value is -2.62. The topological polar surface area (TPSA) is 40.6 Å². The van der Waals surface area contributed by atoms with Gasteiger partial charge in [-0.25, -0.2) is 0 Å². The first-order chi connectivity index (χ1) is 12.0. The number of carbonyl (C=O) groups is 2. The molecule has 0 N–H and O–H groups in total. The summed E-state index contributed by atoms with van der Waals surface area (Å²) in [6.45, 7) is 5.48. The lowest BCUT2D eigenvalue weighted by Gasteiger charge is -2.20. The molecule has 1 aliphatic heterocycles. The molecule has 0 spiro atoms. The molecule has 2 amide bonds. The average molecular weight is 336 g/mol. The molecule has 2 aromatic carbocycles. The summed E-state index contributed by atoms with van der Waals surface area (Å²) < 4.78 is 0. The van der Waals surface area contributed by atoms with Crippen molar-refractivity contribution in [3.63, 3.8) is 0 Å². The molecule has 4 nitrogen and oxygen atoms in total. The Morgan fingerprint density at radius 2 is 1.84 bits per heavy atom. The summed E-state index contributed by atoms with van der Waals surface area (Å²) in [7, 11) is 1.82. The van der Waals surface area contributed by atoms with Gasteiger partial charge in [-0.1, -0.05) is 23.8 Å². The molecule has 2 aromatic rings. The lowest BCUT2D eigenvalue weighted by Crippen LogP contribution is -2.27. The standard InChI is InChI=1S/C21H24N2O2/c1-15-6-7-18(16(2)13-15)14-22(3)21(25)17-8-10-19(11-9-17)23-12-4-5-20(23)24/h6-11,13H,4-5,12,14H2,1-3H3. The van der Waals surface area contributed by atoms with Gasteiger partial charge in [0.2, 0.25) is 5.91 Å². The molecule has 0 radical (unpaired) electrons. The van der Waals surface area contributed by atoms with Crippen molar-refractivity contribution < 1.29 is 9.59 Å². The molecule has 1 heterocycles. The highest BCUT2D eigenvalue weighted by Crippen LogP contribution is 2.22. The van der Waals surface area contributed by atoms with E-state index in [1.54, 1.807) is 9.80 Å². The van der Waals surface area contributed by atoms with E-state index in [2.05, 4.69) is 32.0 Å². The molecule has 0 aromatic heterocycles. The summed E-state index contributed by atoms with van der Waals surface area (Å²) in [6.07, 6.45) is 1.51. The van der Waals surface area contributed by atoms with Gasteiger partial charge in [0.1, 0.15) is 0 Å². The number of aryl methyl sites for hydroxylation is 2. The van der Waals surface area contributed by atoms with Crippen LogP contribution in [0.5, 0.6) is 0 Å². The third-order valence-corrected chi connectivity index (χ3v) is 4.75. The van der Waals surface area contributed by atoms with Crippen LogP contribution in [-0.4, -0.2) is 30.3 Å². The Morgan fingerprint density at radius 1 is 1.12 bits per heavy atom. The van der Waals surface area contributed by atoms with Gasteiger partial charge in [-0.05, 0) is 55.7 Å². The molecule has 1 aliphatic rings. The Bertz CT molecular complexity index is 796. The predicted octanol–water partition coefficient (Wildman–Crippen LogP) is 3.70. The van der Waals surface area contributed by atoms with E-state index in [4.69, 9.17) is 0 Å². The summed E-state index contributed by atoms with van der Waals surface area (Å²) in [5.74, 6) is 0.144. The van der Waals surface area contributed by atoms with Gasteiger partial charge in [0.05, 0.1) is 0 Å². The van der Waals surface area contributed by atoms with Crippen LogP contribution < -0.4 is 4.90 Å². The van der Waals surface area contributed by atoms with Crippen molar-refractivity contribution >= 4 is 17.5 Å². The minimum absolute atomic E-state index is 0.0146. The van der Waals surface area contributed by atoms with Crippen LogP contribution in [0.4, 0.5) is 5.69 Å². The molecule has 0 unspecified atom stereocenters. The minimum Gasteiger partial charge on any atom is -0.337 e. The fourth-order valence-corrected chi connectivity index (χ4v) is 3.28. The molecule has 0 aliphatic carbocycles. The monoisotopic (exact) mass is 336 g/mol. The Labute approximate surface area is 149 Å². The summed E-state index contributed by atoms with van der Waals surface area (Å²) >= 11 is 0. The highest BCUT2D eigenvalue weighted by atomic mass is 16.2. The number of carbonyl (C=O) groups excluding carboxylic acids is 2. The van der Waals surface area contributed by atoms with E-state index in [1.165, 1.54) is 11.1 Å². The summed E-state index contributed by atoms with van der Waals surface area (Å²) in [5, 5.41) is 0. The van der Waals surface area contributed by atoms with Gasteiger partial charge < -0.3 is 9.80 Å². The van der Waals surface area contributed by atoms with Crippen LogP contribution in [0.15, 0.2) is 42.5 Å². The maximum Gasteiger partial charge on any atom is 0.253 e. The van der Waals surface area contributed by atoms with E-state index in [-0.39, 0.29) is 11.8 Å². The summed E-state index contributed by atoms with van der Waals surface area (Å²) in [4.78, 5) is 28.0.